The van der Waals surface area contributed by atoms with Gasteiger partial charge in [0.25, 0.3) is 0 Å². The second-order valence-corrected chi connectivity index (χ2v) is 6.34. The predicted octanol–water partition coefficient (Wildman–Crippen LogP) is 2.68. The van der Waals surface area contributed by atoms with Gasteiger partial charge in [-0.25, -0.2) is 9.78 Å². The number of β-amino-alcohol motifs (C(OH)–C–C–N with tert-alkyl or cyclic N) is 1. The third-order valence-corrected chi connectivity index (χ3v) is 4.36. The number of aryl methyl sites for hydroxylation is 1. The van der Waals surface area contributed by atoms with Crippen molar-refractivity contribution < 1.29 is 14.6 Å². The van der Waals surface area contributed by atoms with Crippen LogP contribution in [0.3, 0.4) is 0 Å². The normalized spacial score (nSPS) is 21.0. The van der Waals surface area contributed by atoms with Crippen LogP contribution >= 0.6 is 0 Å². The van der Waals surface area contributed by atoms with Gasteiger partial charge in [-0.15, -0.1) is 0 Å². The van der Waals surface area contributed by atoms with Crippen molar-refractivity contribution in [2.45, 2.75) is 32.8 Å². The molecule has 2 heterocycles. The summed E-state index contributed by atoms with van der Waals surface area (Å²) >= 11 is 0. The number of aliphatic hydroxyl groups is 1. The second kappa shape index (κ2) is 5.81. The van der Waals surface area contributed by atoms with Crippen molar-refractivity contribution >= 4 is 22.7 Å². The van der Waals surface area contributed by atoms with Crippen LogP contribution in [0.15, 0.2) is 24.3 Å². The van der Waals surface area contributed by atoms with Crippen LogP contribution in [0.5, 0.6) is 0 Å². The molecule has 1 unspecified atom stereocenters. The molecule has 0 amide bonds. The summed E-state index contributed by atoms with van der Waals surface area (Å²) in [6, 6.07) is 7.77. The lowest BCUT2D eigenvalue weighted by Gasteiger charge is -2.23. The first-order valence-electron chi connectivity index (χ1n) is 7.97. The molecule has 1 fully saturated rings. The van der Waals surface area contributed by atoms with Crippen LogP contribution in [0.2, 0.25) is 0 Å². The fourth-order valence-electron chi connectivity index (χ4n) is 3.16. The van der Waals surface area contributed by atoms with E-state index < -0.39 is 5.60 Å². The molecule has 1 saturated heterocycles. The Morgan fingerprint density at radius 1 is 1.43 bits per heavy atom. The SMILES string of the molecule is CCOC(=O)c1c(N2CCC(C)(O)C2)nc2ccccc2c1C. The Morgan fingerprint density at radius 3 is 2.83 bits per heavy atom. The number of pyridine rings is 1. The summed E-state index contributed by atoms with van der Waals surface area (Å²) in [5.41, 5.74) is 1.46. The number of ether oxygens (including phenoxy) is 1. The molecule has 0 bridgehead atoms. The molecule has 1 atom stereocenters. The Labute approximate surface area is 135 Å². The Hall–Kier alpha value is -2.14. The van der Waals surface area contributed by atoms with Gasteiger partial charge in [0.15, 0.2) is 0 Å². The number of para-hydroxylation sites is 1. The van der Waals surface area contributed by atoms with Gasteiger partial charge in [-0.2, -0.15) is 0 Å². The number of aromatic nitrogens is 1. The van der Waals surface area contributed by atoms with Crippen molar-refractivity contribution in [1.29, 1.82) is 0 Å². The van der Waals surface area contributed by atoms with Crippen LogP contribution in [0, 0.1) is 6.92 Å². The Bertz CT molecular complexity index is 755. The number of rotatable bonds is 3. The summed E-state index contributed by atoms with van der Waals surface area (Å²) < 4.78 is 5.24. The van der Waals surface area contributed by atoms with E-state index in [4.69, 9.17) is 9.72 Å². The topological polar surface area (TPSA) is 62.7 Å². The first kappa shape index (κ1) is 15.7. The summed E-state index contributed by atoms with van der Waals surface area (Å²) in [7, 11) is 0. The van der Waals surface area contributed by atoms with Gasteiger partial charge in [0.1, 0.15) is 11.4 Å². The van der Waals surface area contributed by atoms with Gasteiger partial charge in [-0.3, -0.25) is 0 Å². The maximum absolute atomic E-state index is 12.5. The van der Waals surface area contributed by atoms with E-state index in [1.54, 1.807) is 6.92 Å². The Kier molecular flexibility index (Phi) is 3.98. The highest BCUT2D eigenvalue weighted by Crippen LogP contribution is 2.33. The van der Waals surface area contributed by atoms with E-state index >= 15 is 0 Å². The number of nitrogens with zero attached hydrogens (tertiary/aromatic N) is 2. The van der Waals surface area contributed by atoms with Crippen LogP contribution in [0.25, 0.3) is 10.9 Å². The van der Waals surface area contributed by atoms with Gasteiger partial charge in [0, 0.05) is 18.5 Å². The van der Waals surface area contributed by atoms with Gasteiger partial charge in [0.2, 0.25) is 0 Å². The number of fused-ring (bicyclic) bond motifs is 1. The molecule has 1 aromatic heterocycles. The molecule has 5 nitrogen and oxygen atoms in total. The lowest BCUT2D eigenvalue weighted by atomic mass is 10.0. The minimum Gasteiger partial charge on any atom is -0.462 e. The molecule has 0 spiro atoms. The Balaban J connectivity index is 2.18. The highest BCUT2D eigenvalue weighted by Gasteiger charge is 2.35. The lowest BCUT2D eigenvalue weighted by molar-refractivity contribution is 0.0525. The number of benzene rings is 1. The number of carbonyl (C=O) groups excluding carboxylic acids is 1. The zero-order chi connectivity index (χ0) is 16.6. The molecule has 0 saturated carbocycles. The molecule has 0 radical (unpaired) electrons. The summed E-state index contributed by atoms with van der Waals surface area (Å²) in [5, 5.41) is 11.2. The molecule has 1 aliphatic heterocycles. The predicted molar refractivity (Wildman–Crippen MR) is 89.9 cm³/mol. The van der Waals surface area contributed by atoms with Crippen molar-refractivity contribution in [2.75, 3.05) is 24.6 Å². The van der Waals surface area contributed by atoms with E-state index in [1.165, 1.54) is 0 Å². The van der Waals surface area contributed by atoms with E-state index in [1.807, 2.05) is 43.0 Å². The standard InChI is InChI=1S/C18H22N2O3/c1-4-23-17(21)15-12(2)13-7-5-6-8-14(13)19-16(15)20-10-9-18(3,22)11-20/h5-8,22H,4,9-11H2,1-3H3. The Morgan fingerprint density at radius 2 is 2.17 bits per heavy atom. The zero-order valence-electron chi connectivity index (χ0n) is 13.8. The van der Waals surface area contributed by atoms with Crippen molar-refractivity contribution in [1.82, 2.24) is 4.98 Å². The van der Waals surface area contributed by atoms with E-state index in [-0.39, 0.29) is 5.97 Å². The second-order valence-electron chi connectivity index (χ2n) is 6.34. The third-order valence-electron chi connectivity index (χ3n) is 4.36. The fourth-order valence-corrected chi connectivity index (χ4v) is 3.16. The molecule has 1 aromatic carbocycles. The first-order chi connectivity index (χ1) is 10.9. The molecule has 2 aromatic rings. The highest BCUT2D eigenvalue weighted by molar-refractivity contribution is 6.02. The quantitative estimate of drug-likeness (QED) is 0.883. The summed E-state index contributed by atoms with van der Waals surface area (Å²) in [4.78, 5) is 19.2. The minimum atomic E-state index is -0.757. The van der Waals surface area contributed by atoms with Gasteiger partial charge < -0.3 is 14.7 Å². The zero-order valence-corrected chi connectivity index (χ0v) is 13.8. The van der Waals surface area contributed by atoms with Crippen LogP contribution in [-0.4, -0.2) is 41.4 Å². The molecule has 122 valence electrons. The van der Waals surface area contributed by atoms with E-state index in [0.29, 0.717) is 37.5 Å². The summed E-state index contributed by atoms with van der Waals surface area (Å²) in [6.45, 7) is 6.98. The lowest BCUT2D eigenvalue weighted by Crippen LogP contribution is -2.31. The first-order valence-corrected chi connectivity index (χ1v) is 7.97. The molecule has 5 heteroatoms. The number of anilines is 1. The number of esters is 1. The number of hydrogen-bond donors (Lipinski definition) is 1. The maximum Gasteiger partial charge on any atom is 0.342 e. The van der Waals surface area contributed by atoms with Crippen LogP contribution in [0.4, 0.5) is 5.82 Å². The van der Waals surface area contributed by atoms with E-state index in [9.17, 15) is 9.90 Å². The van der Waals surface area contributed by atoms with Gasteiger partial charge in [-0.05, 0) is 38.8 Å². The number of hydrogen-bond acceptors (Lipinski definition) is 5. The van der Waals surface area contributed by atoms with Gasteiger partial charge in [0.05, 0.1) is 17.7 Å². The maximum atomic E-state index is 12.5. The van der Waals surface area contributed by atoms with Crippen molar-refractivity contribution in [3.63, 3.8) is 0 Å². The molecule has 1 aliphatic rings. The summed E-state index contributed by atoms with van der Waals surface area (Å²) in [6.07, 6.45) is 0.656. The fraction of sp³-hybridized carbons (Fsp3) is 0.444. The van der Waals surface area contributed by atoms with Crippen LogP contribution < -0.4 is 4.90 Å². The van der Waals surface area contributed by atoms with Gasteiger partial charge >= 0.3 is 5.97 Å². The average Bonchev–Trinajstić information content (AvgIpc) is 2.87. The van der Waals surface area contributed by atoms with Crippen molar-refractivity contribution in [2.24, 2.45) is 0 Å². The number of carbonyl (C=O) groups is 1. The molecular weight excluding hydrogens is 292 g/mol. The highest BCUT2D eigenvalue weighted by atomic mass is 16.5. The monoisotopic (exact) mass is 314 g/mol. The average molecular weight is 314 g/mol. The third kappa shape index (κ3) is 2.88. The largest absolute Gasteiger partial charge is 0.462 e. The van der Waals surface area contributed by atoms with E-state index in [0.717, 1.165) is 16.5 Å². The van der Waals surface area contributed by atoms with Crippen molar-refractivity contribution in [3.05, 3.63) is 35.4 Å². The molecule has 1 N–H and O–H groups in total. The van der Waals surface area contributed by atoms with Crippen molar-refractivity contribution in [3.8, 4) is 0 Å². The van der Waals surface area contributed by atoms with Gasteiger partial charge in [-0.1, -0.05) is 18.2 Å². The molecular formula is C18H22N2O3. The molecule has 3 rings (SSSR count). The summed E-state index contributed by atoms with van der Waals surface area (Å²) in [5.74, 6) is 0.252. The smallest absolute Gasteiger partial charge is 0.342 e. The minimum absolute atomic E-state index is 0.322. The van der Waals surface area contributed by atoms with Crippen LogP contribution in [-0.2, 0) is 4.74 Å². The van der Waals surface area contributed by atoms with Crippen LogP contribution in [0.1, 0.15) is 36.2 Å². The molecule has 0 aliphatic carbocycles. The van der Waals surface area contributed by atoms with E-state index in [2.05, 4.69) is 0 Å². The molecule has 23 heavy (non-hydrogen) atoms.